The number of aryl methyl sites for hydroxylation is 1. The molecule has 0 bridgehead atoms. The smallest absolute Gasteiger partial charge is 0.253 e. The van der Waals surface area contributed by atoms with Gasteiger partial charge in [0.05, 0.1) is 6.61 Å². The van der Waals surface area contributed by atoms with Gasteiger partial charge in [-0.1, -0.05) is 24.3 Å². The number of aliphatic imine (C=N–C) groups is 1. The summed E-state index contributed by atoms with van der Waals surface area (Å²) in [7, 11) is 5.24. The third-order valence-corrected chi connectivity index (χ3v) is 4.26. The quantitative estimate of drug-likeness (QED) is 0.340. The van der Waals surface area contributed by atoms with E-state index >= 15 is 0 Å². The summed E-state index contributed by atoms with van der Waals surface area (Å²) in [6.45, 7) is 5.90. The van der Waals surface area contributed by atoms with Crippen molar-refractivity contribution in [1.82, 2.24) is 15.5 Å². The maximum Gasteiger partial charge on any atom is 0.253 e. The Morgan fingerprint density at radius 1 is 1.07 bits per heavy atom. The monoisotopic (exact) mass is 510 g/mol. The first kappa shape index (κ1) is 24.7. The van der Waals surface area contributed by atoms with Crippen LogP contribution < -0.4 is 15.4 Å². The van der Waals surface area contributed by atoms with Crippen LogP contribution in [0.2, 0.25) is 0 Å². The first-order chi connectivity index (χ1) is 13.4. The average molecular weight is 510 g/mol. The molecule has 0 saturated carbocycles. The summed E-state index contributed by atoms with van der Waals surface area (Å²) < 4.78 is 5.73. The van der Waals surface area contributed by atoms with E-state index in [1.807, 2.05) is 37.3 Å². The van der Waals surface area contributed by atoms with Crippen molar-refractivity contribution in [2.45, 2.75) is 26.9 Å². The standard InChI is InChI=1S/C22H30N4O2.HI/c1-6-28-20-13-16(2)7-10-19(20)15-25-22(23-3)24-14-17-8-11-18(12-9-17)21(27)26(4)5;/h7-13H,6,14-15H2,1-5H3,(H2,23,24,25);1H. The number of nitrogens with one attached hydrogen (secondary N) is 2. The lowest BCUT2D eigenvalue weighted by atomic mass is 10.1. The molecule has 158 valence electrons. The zero-order valence-electron chi connectivity index (χ0n) is 17.8. The molecule has 0 aliphatic rings. The second-order valence-corrected chi connectivity index (χ2v) is 6.72. The van der Waals surface area contributed by atoms with E-state index in [1.165, 1.54) is 5.56 Å². The SMILES string of the molecule is CCOc1cc(C)ccc1CNC(=NC)NCc1ccc(C(=O)N(C)C)cc1.I. The highest BCUT2D eigenvalue weighted by Crippen LogP contribution is 2.20. The van der Waals surface area contributed by atoms with E-state index in [9.17, 15) is 4.79 Å². The molecule has 6 nitrogen and oxygen atoms in total. The number of carbonyl (C=O) groups excluding carboxylic acids is 1. The summed E-state index contributed by atoms with van der Waals surface area (Å²) in [5, 5.41) is 6.61. The van der Waals surface area contributed by atoms with Crippen LogP contribution >= 0.6 is 24.0 Å². The van der Waals surface area contributed by atoms with Gasteiger partial charge in [0, 0.05) is 45.4 Å². The van der Waals surface area contributed by atoms with Gasteiger partial charge < -0.3 is 20.3 Å². The van der Waals surface area contributed by atoms with E-state index in [0.717, 1.165) is 16.9 Å². The number of carbonyl (C=O) groups is 1. The number of rotatable bonds is 7. The summed E-state index contributed by atoms with van der Waals surface area (Å²) in [6.07, 6.45) is 0. The lowest BCUT2D eigenvalue weighted by molar-refractivity contribution is 0.0827. The van der Waals surface area contributed by atoms with Crippen molar-refractivity contribution >= 4 is 35.8 Å². The second kappa shape index (κ2) is 12.3. The summed E-state index contributed by atoms with van der Waals surface area (Å²) in [5.41, 5.74) is 4.01. The average Bonchev–Trinajstić information content (AvgIpc) is 2.69. The normalized spacial score (nSPS) is 10.7. The van der Waals surface area contributed by atoms with Gasteiger partial charge in [0.15, 0.2) is 5.96 Å². The van der Waals surface area contributed by atoms with E-state index < -0.39 is 0 Å². The van der Waals surface area contributed by atoms with Gasteiger partial charge in [-0.3, -0.25) is 9.79 Å². The molecule has 0 unspecified atom stereocenters. The van der Waals surface area contributed by atoms with E-state index in [-0.39, 0.29) is 29.9 Å². The molecular weight excluding hydrogens is 479 g/mol. The van der Waals surface area contributed by atoms with Crippen molar-refractivity contribution in [3.8, 4) is 5.75 Å². The van der Waals surface area contributed by atoms with Gasteiger partial charge in [-0.25, -0.2) is 0 Å². The number of halogens is 1. The van der Waals surface area contributed by atoms with E-state index in [2.05, 4.69) is 34.7 Å². The Morgan fingerprint density at radius 2 is 1.72 bits per heavy atom. The molecule has 0 aliphatic carbocycles. The molecule has 0 radical (unpaired) electrons. The largest absolute Gasteiger partial charge is 0.494 e. The maximum atomic E-state index is 12.0. The summed E-state index contributed by atoms with van der Waals surface area (Å²) in [4.78, 5) is 17.8. The minimum atomic E-state index is 0. The molecule has 0 spiro atoms. The third kappa shape index (κ3) is 7.56. The third-order valence-electron chi connectivity index (χ3n) is 4.26. The summed E-state index contributed by atoms with van der Waals surface area (Å²) in [6, 6.07) is 13.8. The lowest BCUT2D eigenvalue weighted by Gasteiger charge is -2.15. The van der Waals surface area contributed by atoms with E-state index in [0.29, 0.717) is 31.2 Å². The van der Waals surface area contributed by atoms with Gasteiger partial charge in [-0.15, -0.1) is 24.0 Å². The topological polar surface area (TPSA) is 66.0 Å². The first-order valence-corrected chi connectivity index (χ1v) is 9.42. The molecule has 0 aromatic heterocycles. The molecule has 1 amide bonds. The molecular formula is C22H31IN4O2. The van der Waals surface area contributed by atoms with Crippen LogP contribution in [0.4, 0.5) is 0 Å². The zero-order valence-corrected chi connectivity index (χ0v) is 20.1. The predicted molar refractivity (Wildman–Crippen MR) is 129 cm³/mol. The molecule has 2 rings (SSSR count). The molecule has 7 heteroatoms. The number of ether oxygens (including phenoxy) is 1. The number of benzene rings is 2. The molecule has 0 fully saturated rings. The Kier molecular flexibility index (Phi) is 10.5. The maximum absolute atomic E-state index is 12.0. The number of hydrogen-bond acceptors (Lipinski definition) is 3. The Bertz CT molecular complexity index is 820. The van der Waals surface area contributed by atoms with E-state index in [4.69, 9.17) is 4.74 Å². The van der Waals surface area contributed by atoms with Gasteiger partial charge in [0.25, 0.3) is 5.91 Å². The first-order valence-electron chi connectivity index (χ1n) is 9.42. The molecule has 2 aromatic carbocycles. The fourth-order valence-electron chi connectivity index (χ4n) is 2.71. The molecule has 0 aliphatic heterocycles. The van der Waals surface area contributed by atoms with Crippen molar-refractivity contribution in [2.75, 3.05) is 27.7 Å². The molecule has 0 saturated heterocycles. The van der Waals surface area contributed by atoms with Crippen molar-refractivity contribution in [3.05, 3.63) is 64.7 Å². The van der Waals surface area contributed by atoms with Crippen LogP contribution in [-0.2, 0) is 13.1 Å². The van der Waals surface area contributed by atoms with Crippen molar-refractivity contribution in [1.29, 1.82) is 0 Å². The van der Waals surface area contributed by atoms with E-state index in [1.54, 1.807) is 26.0 Å². The lowest BCUT2D eigenvalue weighted by Crippen LogP contribution is -2.36. The predicted octanol–water partition coefficient (Wildman–Crippen LogP) is 3.58. The Hall–Kier alpha value is -2.29. The van der Waals surface area contributed by atoms with Crippen LogP contribution in [-0.4, -0.2) is 44.5 Å². The highest BCUT2D eigenvalue weighted by molar-refractivity contribution is 14.0. The van der Waals surface area contributed by atoms with Crippen LogP contribution in [0.3, 0.4) is 0 Å². The highest BCUT2D eigenvalue weighted by Gasteiger charge is 2.08. The Labute approximate surface area is 190 Å². The zero-order chi connectivity index (χ0) is 20.5. The van der Waals surface area contributed by atoms with Crippen molar-refractivity contribution in [2.24, 2.45) is 4.99 Å². The Morgan fingerprint density at radius 3 is 2.31 bits per heavy atom. The highest BCUT2D eigenvalue weighted by atomic mass is 127. The number of amides is 1. The molecule has 0 heterocycles. The van der Waals surface area contributed by atoms with Crippen LogP contribution in [0, 0.1) is 6.92 Å². The molecule has 2 N–H and O–H groups in total. The fourth-order valence-corrected chi connectivity index (χ4v) is 2.71. The number of nitrogens with zero attached hydrogens (tertiary/aromatic N) is 2. The second-order valence-electron chi connectivity index (χ2n) is 6.72. The minimum Gasteiger partial charge on any atom is -0.494 e. The van der Waals surface area contributed by atoms with Crippen LogP contribution in [0.15, 0.2) is 47.5 Å². The van der Waals surface area contributed by atoms with Gasteiger partial charge in [-0.2, -0.15) is 0 Å². The van der Waals surface area contributed by atoms with Crippen LogP contribution in [0.25, 0.3) is 0 Å². The Balaban J connectivity index is 0.00000420. The van der Waals surface area contributed by atoms with Crippen LogP contribution in [0.5, 0.6) is 5.75 Å². The summed E-state index contributed by atoms with van der Waals surface area (Å²) >= 11 is 0. The number of guanidine groups is 1. The number of hydrogen-bond donors (Lipinski definition) is 2. The van der Waals surface area contributed by atoms with Crippen molar-refractivity contribution in [3.63, 3.8) is 0 Å². The fraction of sp³-hybridized carbons (Fsp3) is 0.364. The molecule has 2 aromatic rings. The van der Waals surface area contributed by atoms with Crippen molar-refractivity contribution < 1.29 is 9.53 Å². The minimum absolute atomic E-state index is 0. The van der Waals surface area contributed by atoms with Gasteiger partial charge in [-0.05, 0) is 43.2 Å². The molecule has 29 heavy (non-hydrogen) atoms. The molecule has 0 atom stereocenters. The van der Waals surface area contributed by atoms with Gasteiger partial charge in [0.2, 0.25) is 0 Å². The van der Waals surface area contributed by atoms with Crippen LogP contribution in [0.1, 0.15) is 34.0 Å². The van der Waals surface area contributed by atoms with Gasteiger partial charge in [0.1, 0.15) is 5.75 Å². The summed E-state index contributed by atoms with van der Waals surface area (Å²) in [5.74, 6) is 1.60. The van der Waals surface area contributed by atoms with Gasteiger partial charge >= 0.3 is 0 Å².